The van der Waals surface area contributed by atoms with Gasteiger partial charge in [-0.1, -0.05) is 15.9 Å². The van der Waals surface area contributed by atoms with Gasteiger partial charge in [-0.25, -0.2) is 4.39 Å². The molecule has 15 heavy (non-hydrogen) atoms. The number of benzene rings is 1. The molecule has 2 N–H and O–H groups in total. The molecule has 1 aromatic rings. The van der Waals surface area contributed by atoms with Crippen LogP contribution in [0.2, 0.25) is 0 Å². The zero-order chi connectivity index (χ0) is 11.6. The van der Waals surface area contributed by atoms with E-state index in [1.54, 1.807) is 6.07 Å². The predicted octanol–water partition coefficient (Wildman–Crippen LogP) is 3.09. The fraction of sp³-hybridized carbons (Fsp3) is 0.364. The quantitative estimate of drug-likeness (QED) is 0.619. The Morgan fingerprint density at radius 3 is 2.40 bits per heavy atom. The Bertz CT molecular complexity index is 374. The Morgan fingerprint density at radius 2 is 1.93 bits per heavy atom. The smallest absolute Gasteiger partial charge is 0.126 e. The van der Waals surface area contributed by atoms with Gasteiger partial charge < -0.3 is 5.73 Å². The molecule has 1 aromatic carbocycles. The van der Waals surface area contributed by atoms with Gasteiger partial charge in [-0.2, -0.15) is 0 Å². The van der Waals surface area contributed by atoms with Crippen LogP contribution in [0.1, 0.15) is 26.3 Å². The second-order valence-corrected chi connectivity index (χ2v) is 5.24. The van der Waals surface area contributed by atoms with Crippen LogP contribution < -0.4 is 5.73 Å². The first-order chi connectivity index (χ1) is 6.78. The number of amidine groups is 1. The van der Waals surface area contributed by atoms with Gasteiger partial charge in [-0.05, 0) is 39.0 Å². The van der Waals surface area contributed by atoms with Crippen molar-refractivity contribution >= 4 is 21.8 Å². The molecule has 2 nitrogen and oxygen atoms in total. The average molecular weight is 273 g/mol. The van der Waals surface area contributed by atoms with Gasteiger partial charge in [0.05, 0.1) is 5.54 Å². The van der Waals surface area contributed by atoms with Crippen LogP contribution in [-0.2, 0) is 0 Å². The van der Waals surface area contributed by atoms with Gasteiger partial charge >= 0.3 is 0 Å². The van der Waals surface area contributed by atoms with Gasteiger partial charge in [-0.3, -0.25) is 4.99 Å². The topological polar surface area (TPSA) is 38.4 Å². The third-order valence-electron chi connectivity index (χ3n) is 1.61. The normalized spacial score (nSPS) is 13.0. The van der Waals surface area contributed by atoms with Crippen LogP contribution in [0.4, 0.5) is 4.39 Å². The van der Waals surface area contributed by atoms with Crippen LogP contribution in [0.5, 0.6) is 0 Å². The lowest BCUT2D eigenvalue weighted by atomic mass is 10.1. The maximum absolute atomic E-state index is 13.1. The van der Waals surface area contributed by atoms with Crippen molar-refractivity contribution in [3.8, 4) is 0 Å². The highest BCUT2D eigenvalue weighted by Gasteiger charge is 2.10. The molecular weight excluding hydrogens is 259 g/mol. The van der Waals surface area contributed by atoms with Crippen molar-refractivity contribution in [1.29, 1.82) is 0 Å². The van der Waals surface area contributed by atoms with Crippen molar-refractivity contribution < 1.29 is 4.39 Å². The number of nitrogens with two attached hydrogens (primary N) is 1. The summed E-state index contributed by atoms with van der Waals surface area (Å²) in [4.78, 5) is 4.27. The van der Waals surface area contributed by atoms with E-state index >= 15 is 0 Å². The van der Waals surface area contributed by atoms with Gasteiger partial charge in [0.1, 0.15) is 11.7 Å². The average Bonchev–Trinajstić information content (AvgIpc) is 1.98. The molecule has 1 rings (SSSR count). The summed E-state index contributed by atoms with van der Waals surface area (Å²) in [6, 6.07) is 4.50. The first-order valence-corrected chi connectivity index (χ1v) is 5.39. The molecule has 0 amide bonds. The zero-order valence-electron chi connectivity index (χ0n) is 9.01. The number of hydrogen-bond acceptors (Lipinski definition) is 1. The van der Waals surface area contributed by atoms with Gasteiger partial charge in [-0.15, -0.1) is 0 Å². The van der Waals surface area contributed by atoms with E-state index < -0.39 is 0 Å². The van der Waals surface area contributed by atoms with Crippen molar-refractivity contribution in [3.63, 3.8) is 0 Å². The highest BCUT2D eigenvalue weighted by Crippen LogP contribution is 2.16. The van der Waals surface area contributed by atoms with Crippen molar-refractivity contribution in [1.82, 2.24) is 0 Å². The number of halogens is 2. The third kappa shape index (κ3) is 4.00. The number of rotatable bonds is 1. The first kappa shape index (κ1) is 12.2. The minimum atomic E-state index is -0.327. The molecule has 0 atom stereocenters. The molecule has 82 valence electrons. The van der Waals surface area contributed by atoms with Crippen LogP contribution in [0.15, 0.2) is 27.7 Å². The van der Waals surface area contributed by atoms with E-state index in [0.29, 0.717) is 15.9 Å². The predicted molar refractivity (Wildman–Crippen MR) is 64.6 cm³/mol. The van der Waals surface area contributed by atoms with Gasteiger partial charge in [0.25, 0.3) is 0 Å². The summed E-state index contributed by atoms with van der Waals surface area (Å²) in [6.07, 6.45) is 0. The first-order valence-electron chi connectivity index (χ1n) is 4.60. The fourth-order valence-electron chi connectivity index (χ4n) is 1.13. The van der Waals surface area contributed by atoms with Crippen molar-refractivity contribution in [2.24, 2.45) is 10.7 Å². The minimum absolute atomic E-state index is 0.261. The Labute approximate surface area is 97.5 Å². The van der Waals surface area contributed by atoms with E-state index in [1.807, 2.05) is 20.8 Å². The fourth-order valence-corrected chi connectivity index (χ4v) is 1.59. The largest absolute Gasteiger partial charge is 0.383 e. The van der Waals surface area contributed by atoms with Crippen LogP contribution >= 0.6 is 15.9 Å². The summed E-state index contributed by atoms with van der Waals surface area (Å²) in [6.45, 7) is 5.82. The second kappa shape index (κ2) is 4.31. The molecule has 0 bridgehead atoms. The molecule has 0 aliphatic heterocycles. The van der Waals surface area contributed by atoms with E-state index in [4.69, 9.17) is 5.73 Å². The maximum Gasteiger partial charge on any atom is 0.126 e. The molecule has 0 radical (unpaired) electrons. The maximum atomic E-state index is 13.1. The molecule has 0 saturated carbocycles. The molecule has 0 aliphatic carbocycles. The molecule has 0 aromatic heterocycles. The van der Waals surface area contributed by atoms with Gasteiger partial charge in [0, 0.05) is 10.0 Å². The highest BCUT2D eigenvalue weighted by molar-refractivity contribution is 9.10. The van der Waals surface area contributed by atoms with Gasteiger partial charge in [0.2, 0.25) is 0 Å². The second-order valence-electron chi connectivity index (χ2n) is 4.33. The molecule has 0 aliphatic rings. The van der Waals surface area contributed by atoms with Crippen LogP contribution in [0, 0.1) is 5.82 Å². The summed E-state index contributed by atoms with van der Waals surface area (Å²) in [5.41, 5.74) is 6.11. The number of aliphatic imine (C=N–C) groups is 1. The molecule has 4 heteroatoms. The lowest BCUT2D eigenvalue weighted by Crippen LogP contribution is -2.21. The molecule has 0 unspecified atom stereocenters. The Kier molecular flexibility index (Phi) is 3.50. The van der Waals surface area contributed by atoms with E-state index in [0.717, 1.165) is 0 Å². The standard InChI is InChI=1S/C11H14BrFN2/c1-11(2,3)15-10(14)7-4-8(12)6-9(13)5-7/h4-6H,1-3H3,(H2,14,15). The summed E-state index contributed by atoms with van der Waals surface area (Å²) in [5.74, 6) is 0.0223. The Balaban J connectivity index is 3.11. The van der Waals surface area contributed by atoms with E-state index in [9.17, 15) is 4.39 Å². The number of nitrogens with zero attached hydrogens (tertiary/aromatic N) is 1. The SMILES string of the molecule is CC(C)(C)N=C(N)c1cc(F)cc(Br)c1. The van der Waals surface area contributed by atoms with E-state index in [1.165, 1.54) is 12.1 Å². The lowest BCUT2D eigenvalue weighted by molar-refractivity contribution is 0.583. The molecule has 0 spiro atoms. The summed E-state index contributed by atoms with van der Waals surface area (Å²) < 4.78 is 13.7. The van der Waals surface area contributed by atoms with Crippen LogP contribution in [-0.4, -0.2) is 11.4 Å². The Morgan fingerprint density at radius 1 is 1.33 bits per heavy atom. The van der Waals surface area contributed by atoms with Crippen molar-refractivity contribution in [2.75, 3.05) is 0 Å². The van der Waals surface area contributed by atoms with Gasteiger partial charge in [0.15, 0.2) is 0 Å². The van der Waals surface area contributed by atoms with Crippen molar-refractivity contribution in [2.45, 2.75) is 26.3 Å². The monoisotopic (exact) mass is 272 g/mol. The number of hydrogen-bond donors (Lipinski definition) is 1. The minimum Gasteiger partial charge on any atom is -0.383 e. The summed E-state index contributed by atoms with van der Waals surface area (Å²) in [7, 11) is 0. The van der Waals surface area contributed by atoms with E-state index in [-0.39, 0.29) is 11.4 Å². The molecular formula is C11H14BrFN2. The summed E-state index contributed by atoms with van der Waals surface area (Å²) in [5, 5.41) is 0. The van der Waals surface area contributed by atoms with Crippen LogP contribution in [0.3, 0.4) is 0 Å². The summed E-state index contributed by atoms with van der Waals surface area (Å²) >= 11 is 3.21. The molecule has 0 fully saturated rings. The zero-order valence-corrected chi connectivity index (χ0v) is 10.6. The molecule has 0 saturated heterocycles. The van der Waals surface area contributed by atoms with E-state index in [2.05, 4.69) is 20.9 Å². The Hall–Kier alpha value is -0.900. The third-order valence-corrected chi connectivity index (χ3v) is 2.07. The highest BCUT2D eigenvalue weighted by atomic mass is 79.9. The lowest BCUT2D eigenvalue weighted by Gasteiger charge is -2.13. The van der Waals surface area contributed by atoms with Crippen LogP contribution in [0.25, 0.3) is 0 Å². The molecule has 0 heterocycles. The van der Waals surface area contributed by atoms with Crippen molar-refractivity contribution in [3.05, 3.63) is 34.1 Å².